The van der Waals surface area contributed by atoms with Gasteiger partial charge in [-0.05, 0) is 24.6 Å². The summed E-state index contributed by atoms with van der Waals surface area (Å²) in [6.07, 6.45) is 3.53. The molecule has 20 heavy (non-hydrogen) atoms. The minimum atomic E-state index is 0.299. The summed E-state index contributed by atoms with van der Waals surface area (Å²) in [5.74, 6) is 1.07. The molecule has 0 aliphatic rings. The van der Waals surface area contributed by atoms with Crippen molar-refractivity contribution in [2.75, 3.05) is 30.9 Å². The lowest BCUT2D eigenvalue weighted by Crippen LogP contribution is -2.20. The van der Waals surface area contributed by atoms with E-state index in [1.807, 2.05) is 31.0 Å². The van der Waals surface area contributed by atoms with Crippen LogP contribution >= 0.6 is 0 Å². The Morgan fingerprint density at radius 1 is 1.20 bits per heavy atom. The highest BCUT2D eigenvalue weighted by atomic mass is 16.5. The van der Waals surface area contributed by atoms with E-state index in [2.05, 4.69) is 25.3 Å². The second-order valence-electron chi connectivity index (χ2n) is 4.19. The molecule has 0 aliphatic heterocycles. The molecule has 0 aliphatic carbocycles. The van der Waals surface area contributed by atoms with E-state index < -0.39 is 0 Å². The average Bonchev–Trinajstić information content (AvgIpc) is 2.48. The molecule has 0 radical (unpaired) electrons. The standard InChI is InChI=1S/C13H18N6O/c1-4-15-11-16-12(18-13(17-11)20-3)19(2)9-10-5-7-14-8-6-10/h5-8H,4,9H2,1-3H3,(H,15,16,17,18). The Hall–Kier alpha value is -2.44. The molecule has 0 amide bonds. The maximum absolute atomic E-state index is 5.10. The number of nitrogens with zero attached hydrogens (tertiary/aromatic N) is 5. The third kappa shape index (κ3) is 3.53. The summed E-state index contributed by atoms with van der Waals surface area (Å²) in [4.78, 5) is 18.7. The molecule has 0 bridgehead atoms. The van der Waals surface area contributed by atoms with Crippen molar-refractivity contribution in [3.8, 4) is 6.01 Å². The third-order valence-corrected chi connectivity index (χ3v) is 2.63. The molecule has 106 valence electrons. The number of hydrogen-bond acceptors (Lipinski definition) is 7. The fraction of sp³-hybridized carbons (Fsp3) is 0.385. The lowest BCUT2D eigenvalue weighted by Gasteiger charge is -2.18. The molecule has 7 nitrogen and oxygen atoms in total. The van der Waals surface area contributed by atoms with Crippen LogP contribution in [-0.4, -0.2) is 40.6 Å². The molecule has 7 heteroatoms. The van der Waals surface area contributed by atoms with E-state index in [-0.39, 0.29) is 0 Å². The Kier molecular flexibility index (Phi) is 4.65. The van der Waals surface area contributed by atoms with Gasteiger partial charge < -0.3 is 15.0 Å². The second-order valence-corrected chi connectivity index (χ2v) is 4.19. The van der Waals surface area contributed by atoms with Gasteiger partial charge in [0, 0.05) is 32.5 Å². The van der Waals surface area contributed by atoms with E-state index in [0.29, 0.717) is 24.5 Å². The molecule has 2 aromatic heterocycles. The van der Waals surface area contributed by atoms with E-state index in [1.165, 1.54) is 7.11 Å². The van der Waals surface area contributed by atoms with Gasteiger partial charge in [0.2, 0.25) is 11.9 Å². The van der Waals surface area contributed by atoms with Crippen molar-refractivity contribution in [2.45, 2.75) is 13.5 Å². The van der Waals surface area contributed by atoms with Gasteiger partial charge in [-0.3, -0.25) is 4.98 Å². The van der Waals surface area contributed by atoms with Gasteiger partial charge in [-0.2, -0.15) is 15.0 Å². The van der Waals surface area contributed by atoms with Crippen molar-refractivity contribution in [2.24, 2.45) is 0 Å². The van der Waals surface area contributed by atoms with Crippen molar-refractivity contribution in [3.05, 3.63) is 30.1 Å². The zero-order valence-corrected chi connectivity index (χ0v) is 11.9. The molecule has 2 aromatic rings. The maximum atomic E-state index is 5.10. The Balaban J connectivity index is 2.19. The zero-order valence-electron chi connectivity index (χ0n) is 11.9. The van der Waals surface area contributed by atoms with Gasteiger partial charge in [0.25, 0.3) is 0 Å². The van der Waals surface area contributed by atoms with E-state index in [1.54, 1.807) is 12.4 Å². The smallest absolute Gasteiger partial charge is 0.322 e. The molecule has 0 spiro atoms. The molecular formula is C13H18N6O. The predicted octanol–water partition coefficient (Wildman–Crippen LogP) is 1.34. The first kappa shape index (κ1) is 14.0. The van der Waals surface area contributed by atoms with Gasteiger partial charge >= 0.3 is 6.01 Å². The lowest BCUT2D eigenvalue weighted by atomic mass is 10.2. The van der Waals surface area contributed by atoms with Gasteiger partial charge in [0.05, 0.1) is 7.11 Å². The van der Waals surface area contributed by atoms with Crippen molar-refractivity contribution < 1.29 is 4.74 Å². The number of ether oxygens (including phenoxy) is 1. The molecule has 0 fully saturated rings. The zero-order chi connectivity index (χ0) is 14.4. The molecule has 0 unspecified atom stereocenters. The monoisotopic (exact) mass is 274 g/mol. The van der Waals surface area contributed by atoms with Crippen LogP contribution in [0.15, 0.2) is 24.5 Å². The number of hydrogen-bond donors (Lipinski definition) is 1. The highest BCUT2D eigenvalue weighted by molar-refractivity contribution is 5.38. The summed E-state index contributed by atoms with van der Waals surface area (Å²) in [7, 11) is 3.46. The van der Waals surface area contributed by atoms with Crippen LogP contribution in [-0.2, 0) is 6.54 Å². The largest absolute Gasteiger partial charge is 0.467 e. The number of aromatic nitrogens is 4. The van der Waals surface area contributed by atoms with Crippen LogP contribution in [0.1, 0.15) is 12.5 Å². The Morgan fingerprint density at radius 2 is 1.95 bits per heavy atom. The topological polar surface area (TPSA) is 76.1 Å². The summed E-state index contributed by atoms with van der Waals surface area (Å²) in [5.41, 5.74) is 1.13. The summed E-state index contributed by atoms with van der Waals surface area (Å²) in [5, 5.41) is 3.06. The Bertz CT molecular complexity index is 548. The Labute approximate surface area is 118 Å². The molecule has 0 aromatic carbocycles. The minimum absolute atomic E-state index is 0.299. The van der Waals surface area contributed by atoms with Crippen LogP contribution in [0.3, 0.4) is 0 Å². The van der Waals surface area contributed by atoms with Crippen LogP contribution in [0.2, 0.25) is 0 Å². The molecule has 0 saturated heterocycles. The lowest BCUT2D eigenvalue weighted by molar-refractivity contribution is 0.379. The van der Waals surface area contributed by atoms with E-state index in [9.17, 15) is 0 Å². The van der Waals surface area contributed by atoms with Gasteiger partial charge in [0.15, 0.2) is 0 Å². The molecule has 2 rings (SSSR count). The number of anilines is 2. The van der Waals surface area contributed by atoms with Crippen molar-refractivity contribution >= 4 is 11.9 Å². The van der Waals surface area contributed by atoms with Crippen molar-refractivity contribution in [1.29, 1.82) is 0 Å². The Morgan fingerprint density at radius 3 is 2.60 bits per heavy atom. The second kappa shape index (κ2) is 6.65. The number of methoxy groups -OCH3 is 1. The van der Waals surface area contributed by atoms with Gasteiger partial charge in [0.1, 0.15) is 0 Å². The number of nitrogens with one attached hydrogen (secondary N) is 1. The highest BCUT2D eigenvalue weighted by Gasteiger charge is 2.10. The average molecular weight is 274 g/mol. The van der Waals surface area contributed by atoms with E-state index >= 15 is 0 Å². The molecule has 2 heterocycles. The SMILES string of the molecule is CCNc1nc(OC)nc(N(C)Cc2ccncc2)n1. The first-order chi connectivity index (χ1) is 9.72. The van der Waals surface area contributed by atoms with Crippen LogP contribution in [0, 0.1) is 0 Å². The van der Waals surface area contributed by atoms with E-state index in [0.717, 1.165) is 12.1 Å². The van der Waals surface area contributed by atoms with Crippen LogP contribution in [0.5, 0.6) is 6.01 Å². The first-order valence-electron chi connectivity index (χ1n) is 6.37. The molecule has 0 saturated carbocycles. The summed E-state index contributed by atoms with van der Waals surface area (Å²) in [6, 6.07) is 4.22. The van der Waals surface area contributed by atoms with Crippen LogP contribution in [0.4, 0.5) is 11.9 Å². The highest BCUT2D eigenvalue weighted by Crippen LogP contribution is 2.15. The first-order valence-corrected chi connectivity index (χ1v) is 6.37. The van der Waals surface area contributed by atoms with Gasteiger partial charge in [-0.15, -0.1) is 0 Å². The quantitative estimate of drug-likeness (QED) is 0.851. The van der Waals surface area contributed by atoms with Crippen molar-refractivity contribution in [1.82, 2.24) is 19.9 Å². The normalized spacial score (nSPS) is 10.2. The molecule has 0 atom stereocenters. The van der Waals surface area contributed by atoms with Crippen molar-refractivity contribution in [3.63, 3.8) is 0 Å². The number of rotatable bonds is 6. The minimum Gasteiger partial charge on any atom is -0.467 e. The van der Waals surface area contributed by atoms with E-state index in [4.69, 9.17) is 4.74 Å². The van der Waals surface area contributed by atoms with Gasteiger partial charge in [-0.25, -0.2) is 0 Å². The molecule has 1 N–H and O–H groups in total. The fourth-order valence-corrected chi connectivity index (χ4v) is 1.68. The number of pyridine rings is 1. The summed E-state index contributed by atoms with van der Waals surface area (Å²) < 4.78 is 5.10. The van der Waals surface area contributed by atoms with Crippen LogP contribution in [0.25, 0.3) is 0 Å². The fourth-order valence-electron chi connectivity index (χ4n) is 1.68. The summed E-state index contributed by atoms with van der Waals surface area (Å²) >= 11 is 0. The maximum Gasteiger partial charge on any atom is 0.322 e. The third-order valence-electron chi connectivity index (χ3n) is 2.63. The summed E-state index contributed by atoms with van der Waals surface area (Å²) in [6.45, 7) is 3.40. The predicted molar refractivity (Wildman–Crippen MR) is 76.9 cm³/mol. The molecular weight excluding hydrogens is 256 g/mol. The van der Waals surface area contributed by atoms with Gasteiger partial charge in [-0.1, -0.05) is 0 Å². The van der Waals surface area contributed by atoms with Crippen LogP contribution < -0.4 is 15.0 Å².